The van der Waals surface area contributed by atoms with Gasteiger partial charge in [-0.05, 0) is 54.4 Å². The number of ether oxygens (including phenoxy) is 2. The Hall–Kier alpha value is -2.29. The summed E-state index contributed by atoms with van der Waals surface area (Å²) in [5, 5.41) is 21.4. The van der Waals surface area contributed by atoms with Crippen molar-refractivity contribution in [3.05, 3.63) is 0 Å². The smallest absolute Gasteiger partial charge is 0.305 e. The Kier molecular flexibility index (Phi) is 34.3. The first-order valence-electron chi connectivity index (χ1n) is 15.3. The molecule has 0 aliphatic heterocycles. The maximum atomic E-state index is 11.4. The Labute approximate surface area is 268 Å². The van der Waals surface area contributed by atoms with Crippen molar-refractivity contribution in [3.63, 3.8) is 0 Å². The lowest BCUT2D eigenvalue weighted by Gasteiger charge is -2.30. The van der Waals surface area contributed by atoms with Gasteiger partial charge in [0.2, 0.25) is 12.3 Å². The van der Waals surface area contributed by atoms with Crippen molar-refractivity contribution < 1.29 is 41.9 Å². The van der Waals surface area contributed by atoms with Gasteiger partial charge in [0.05, 0.1) is 49.5 Å². The highest BCUT2D eigenvalue weighted by atomic mass is 32.2. The Bertz CT molecular complexity index is 839. The highest BCUT2D eigenvalue weighted by Gasteiger charge is 2.23. The number of carbonyl (C=O) groups excluding carboxylic acids is 2. The summed E-state index contributed by atoms with van der Waals surface area (Å²) in [5.74, 6) is -0.0603. The minimum absolute atomic E-state index is 0.0311. The van der Waals surface area contributed by atoms with Gasteiger partial charge in [0.25, 0.3) is 10.1 Å². The Morgan fingerprint density at radius 2 is 1.43 bits per heavy atom. The average Bonchev–Trinajstić information content (AvgIpc) is 2.90. The van der Waals surface area contributed by atoms with E-state index in [0.717, 1.165) is 18.8 Å². The van der Waals surface area contributed by atoms with Gasteiger partial charge >= 0.3 is 5.97 Å². The van der Waals surface area contributed by atoms with Gasteiger partial charge in [-0.15, -0.1) is 0 Å². The number of carbonyl (C=O) groups is 3. The van der Waals surface area contributed by atoms with Gasteiger partial charge in [-0.3, -0.25) is 24.3 Å². The molecular weight excluding hydrogens is 592 g/mol. The molecule has 44 heavy (non-hydrogen) atoms. The Morgan fingerprint density at radius 3 is 1.80 bits per heavy atom. The molecule has 0 saturated heterocycles. The van der Waals surface area contributed by atoms with Crippen LogP contribution in [0.5, 0.6) is 0 Å². The number of hydrogen-bond donors (Lipinski definition) is 5. The molecule has 0 saturated carbocycles. The molecule has 5 N–H and O–H groups in total. The molecule has 0 aliphatic carbocycles. The summed E-state index contributed by atoms with van der Waals surface area (Å²) >= 11 is 0. The van der Waals surface area contributed by atoms with Gasteiger partial charge in [0.15, 0.2) is 0 Å². The third kappa shape index (κ3) is 41.8. The first-order valence-corrected chi connectivity index (χ1v) is 17.1. The lowest BCUT2D eigenvalue weighted by molar-refractivity contribution is -0.140. The molecule has 0 aromatic carbocycles. The predicted molar refractivity (Wildman–Crippen MR) is 179 cm³/mol. The van der Waals surface area contributed by atoms with Crippen molar-refractivity contribution in [3.8, 4) is 0 Å². The molecule has 0 unspecified atom stereocenters. The van der Waals surface area contributed by atoms with Crippen LogP contribution in [0.4, 0.5) is 0 Å². The summed E-state index contributed by atoms with van der Waals surface area (Å²) in [6.07, 6.45) is 2.86. The van der Waals surface area contributed by atoms with E-state index in [1.54, 1.807) is 0 Å². The zero-order valence-corrected chi connectivity index (χ0v) is 30.8. The zero-order chi connectivity index (χ0) is 36.2. The second-order valence-corrected chi connectivity index (χ2v) is 12.4. The lowest BCUT2D eigenvalue weighted by atomic mass is 10.1. The standard InChI is InChI=1S/C15H28N2O6.C10H22N2.2C2H6.CH4O3S/c1-14(2,22-7-5-13(20)21)6-8-23-15(3,4)10-17-12(19)9-16-11-18;1-6-7-12(9(4)5)10(11)8(2)3;2*1-2;1-5(2,3)4/h11H,5-10H2,1-4H3,(H,16,18)(H,17,19)(H,20,21);8-9,11H,6-7H2,1-5H3;2*1-2H3;1H3,(H,2,3,4). The van der Waals surface area contributed by atoms with E-state index in [2.05, 4.69) is 50.2 Å². The van der Waals surface area contributed by atoms with Crippen LogP contribution in [0.1, 0.15) is 109 Å². The molecule has 2 amide bonds. The van der Waals surface area contributed by atoms with Crippen molar-refractivity contribution >= 4 is 34.2 Å². The molecule has 266 valence electrons. The molecule has 0 spiro atoms. The van der Waals surface area contributed by atoms with Crippen LogP contribution in [0.2, 0.25) is 0 Å². The number of nitrogens with zero attached hydrogens (tertiary/aromatic N) is 1. The summed E-state index contributed by atoms with van der Waals surface area (Å²) in [7, 11) is -3.67. The Morgan fingerprint density at radius 1 is 0.977 bits per heavy atom. The predicted octanol–water partition coefficient (Wildman–Crippen LogP) is 4.60. The van der Waals surface area contributed by atoms with E-state index in [1.165, 1.54) is 0 Å². The van der Waals surface area contributed by atoms with Crippen LogP contribution in [-0.4, -0.2) is 103 Å². The van der Waals surface area contributed by atoms with Crippen LogP contribution in [0.3, 0.4) is 0 Å². The first-order chi connectivity index (χ1) is 20.1. The molecule has 0 aromatic heterocycles. The number of carboxylic acid groups (broad SMARTS) is 1. The lowest BCUT2D eigenvalue weighted by Crippen LogP contribution is -2.44. The molecule has 0 aliphatic rings. The molecule has 0 aromatic rings. The molecular formula is C30H66N4O9S. The van der Waals surface area contributed by atoms with Crippen LogP contribution < -0.4 is 10.6 Å². The largest absolute Gasteiger partial charge is 0.481 e. The zero-order valence-electron chi connectivity index (χ0n) is 30.0. The molecule has 0 heterocycles. The first kappa shape index (κ1) is 51.3. The van der Waals surface area contributed by atoms with Gasteiger partial charge in [0, 0.05) is 25.0 Å². The third-order valence-corrected chi connectivity index (χ3v) is 5.01. The molecule has 0 atom stereocenters. The van der Waals surface area contributed by atoms with Crippen molar-refractivity contribution in [1.82, 2.24) is 15.5 Å². The topological polar surface area (TPSA) is 195 Å². The van der Waals surface area contributed by atoms with E-state index in [4.69, 9.17) is 24.5 Å². The maximum Gasteiger partial charge on any atom is 0.305 e. The number of nitrogens with one attached hydrogen (secondary N) is 3. The minimum atomic E-state index is -3.67. The molecule has 0 fully saturated rings. The number of hydrogen-bond acceptors (Lipinski definition) is 8. The van der Waals surface area contributed by atoms with E-state index < -0.39 is 27.3 Å². The fourth-order valence-electron chi connectivity index (χ4n) is 2.85. The highest BCUT2D eigenvalue weighted by Crippen LogP contribution is 2.17. The molecule has 14 heteroatoms. The summed E-state index contributed by atoms with van der Waals surface area (Å²) in [4.78, 5) is 34.1. The van der Waals surface area contributed by atoms with Gasteiger partial charge in [0.1, 0.15) is 0 Å². The number of rotatable bonds is 17. The van der Waals surface area contributed by atoms with Crippen molar-refractivity contribution in [2.45, 2.75) is 127 Å². The summed E-state index contributed by atoms with van der Waals surface area (Å²) < 4.78 is 37.1. The summed E-state index contributed by atoms with van der Waals surface area (Å²) in [6, 6.07) is 0.458. The number of amides is 2. The van der Waals surface area contributed by atoms with Crippen LogP contribution in [0, 0.1) is 11.3 Å². The fourth-order valence-corrected chi connectivity index (χ4v) is 2.85. The van der Waals surface area contributed by atoms with Crippen molar-refractivity contribution in [2.75, 3.05) is 39.1 Å². The average molecular weight is 659 g/mol. The van der Waals surface area contributed by atoms with E-state index in [9.17, 15) is 22.8 Å². The van der Waals surface area contributed by atoms with E-state index >= 15 is 0 Å². The van der Waals surface area contributed by atoms with E-state index in [-0.39, 0.29) is 25.5 Å². The molecule has 0 bridgehead atoms. The fraction of sp³-hybridized carbons (Fsp3) is 0.867. The highest BCUT2D eigenvalue weighted by molar-refractivity contribution is 7.85. The van der Waals surface area contributed by atoms with Crippen LogP contribution >= 0.6 is 0 Å². The van der Waals surface area contributed by atoms with Crippen molar-refractivity contribution in [2.24, 2.45) is 5.92 Å². The van der Waals surface area contributed by atoms with Crippen LogP contribution in [0.15, 0.2) is 0 Å². The van der Waals surface area contributed by atoms with Crippen LogP contribution in [0.25, 0.3) is 0 Å². The van der Waals surface area contributed by atoms with Crippen molar-refractivity contribution in [1.29, 1.82) is 5.41 Å². The van der Waals surface area contributed by atoms with E-state index in [0.29, 0.717) is 44.2 Å². The van der Waals surface area contributed by atoms with E-state index in [1.807, 2.05) is 55.4 Å². The maximum absolute atomic E-state index is 11.4. The second-order valence-electron chi connectivity index (χ2n) is 10.9. The second kappa shape index (κ2) is 29.4. The van der Waals surface area contributed by atoms with Gasteiger partial charge in [-0.1, -0.05) is 48.5 Å². The molecule has 13 nitrogen and oxygen atoms in total. The molecule has 0 rings (SSSR count). The van der Waals surface area contributed by atoms with Gasteiger partial charge in [-0.25, -0.2) is 0 Å². The summed E-state index contributed by atoms with van der Waals surface area (Å²) in [5.41, 5.74) is -1.04. The monoisotopic (exact) mass is 658 g/mol. The SMILES string of the molecule is CC.CC.CC(C)(CCOC(C)(C)CNC(=O)CNC=O)OCCC(=O)O.CCCN(C(=N)C(C)C)C(C)C.CS(=O)(=O)O. The quantitative estimate of drug-likeness (QED) is 0.0638. The normalized spacial score (nSPS) is 10.8. The molecule has 0 radical (unpaired) electrons. The number of carboxylic acids is 1. The van der Waals surface area contributed by atoms with Crippen LogP contribution in [-0.2, 0) is 34.0 Å². The minimum Gasteiger partial charge on any atom is -0.481 e. The van der Waals surface area contributed by atoms with Gasteiger partial charge in [-0.2, -0.15) is 8.42 Å². The number of amidine groups is 1. The van der Waals surface area contributed by atoms with Gasteiger partial charge < -0.3 is 30.1 Å². The summed E-state index contributed by atoms with van der Waals surface area (Å²) in [6.45, 7) is 27.9. The third-order valence-electron chi connectivity index (χ3n) is 5.01. The Balaban J connectivity index is -0.000000200. The number of aliphatic carboxylic acids is 1.